The van der Waals surface area contributed by atoms with Gasteiger partial charge in [0.2, 0.25) is 5.28 Å². The van der Waals surface area contributed by atoms with Gasteiger partial charge in [0.05, 0.1) is 0 Å². The summed E-state index contributed by atoms with van der Waals surface area (Å²) < 4.78 is 0. The molecule has 0 aliphatic carbocycles. The molecule has 1 aromatic rings. The Labute approximate surface area is 73.9 Å². The lowest BCUT2D eigenvalue weighted by molar-refractivity contribution is 0.0948. The zero-order valence-electron chi connectivity index (χ0n) is 6.34. The molecule has 1 aromatic heterocycles. The number of hydrazine groups is 1. The number of amides is 1. The minimum atomic E-state index is -0.484. The minimum Gasteiger partial charge on any atom is -0.289 e. The van der Waals surface area contributed by atoms with Crippen LogP contribution in [0.3, 0.4) is 0 Å². The summed E-state index contributed by atoms with van der Waals surface area (Å²) in [5.74, 6) is 4.42. The first-order chi connectivity index (χ1) is 5.63. The SMILES string of the molecule is Cc1cc(C(=O)NN)nc(Cl)n1. The Morgan fingerprint density at radius 1 is 1.67 bits per heavy atom. The van der Waals surface area contributed by atoms with Gasteiger partial charge in [-0.25, -0.2) is 15.8 Å². The molecule has 0 aromatic carbocycles. The van der Waals surface area contributed by atoms with Crippen molar-refractivity contribution in [2.24, 2.45) is 5.84 Å². The van der Waals surface area contributed by atoms with E-state index in [-0.39, 0.29) is 11.0 Å². The van der Waals surface area contributed by atoms with Crippen LogP contribution >= 0.6 is 11.6 Å². The maximum atomic E-state index is 10.9. The second kappa shape index (κ2) is 3.46. The van der Waals surface area contributed by atoms with E-state index in [0.717, 1.165) is 0 Å². The molecule has 1 heterocycles. The van der Waals surface area contributed by atoms with Gasteiger partial charge >= 0.3 is 0 Å². The van der Waals surface area contributed by atoms with Crippen molar-refractivity contribution in [1.29, 1.82) is 0 Å². The molecule has 0 unspecified atom stereocenters. The molecule has 0 radical (unpaired) electrons. The maximum Gasteiger partial charge on any atom is 0.283 e. The summed E-state index contributed by atoms with van der Waals surface area (Å²) in [6.07, 6.45) is 0. The number of hydrogen-bond donors (Lipinski definition) is 2. The molecular weight excluding hydrogens is 180 g/mol. The summed E-state index contributed by atoms with van der Waals surface area (Å²) in [5.41, 5.74) is 2.73. The Bertz CT molecular complexity index is 294. The van der Waals surface area contributed by atoms with Crippen LogP contribution in [-0.4, -0.2) is 15.9 Å². The zero-order valence-corrected chi connectivity index (χ0v) is 7.09. The van der Waals surface area contributed by atoms with E-state index in [1.165, 1.54) is 6.07 Å². The van der Waals surface area contributed by atoms with Crippen molar-refractivity contribution in [2.75, 3.05) is 0 Å². The van der Waals surface area contributed by atoms with E-state index < -0.39 is 5.91 Å². The third-order valence-electron chi connectivity index (χ3n) is 1.19. The van der Waals surface area contributed by atoms with Crippen LogP contribution in [-0.2, 0) is 0 Å². The molecule has 0 aliphatic heterocycles. The fraction of sp³-hybridized carbons (Fsp3) is 0.167. The normalized spacial score (nSPS) is 9.58. The number of aromatic nitrogens is 2. The van der Waals surface area contributed by atoms with Crippen molar-refractivity contribution >= 4 is 17.5 Å². The van der Waals surface area contributed by atoms with Gasteiger partial charge in [-0.05, 0) is 24.6 Å². The van der Waals surface area contributed by atoms with Crippen molar-refractivity contribution < 1.29 is 4.79 Å². The summed E-state index contributed by atoms with van der Waals surface area (Å²) in [4.78, 5) is 18.4. The van der Waals surface area contributed by atoms with Crippen LogP contribution in [0.25, 0.3) is 0 Å². The number of halogens is 1. The van der Waals surface area contributed by atoms with Gasteiger partial charge in [0, 0.05) is 5.69 Å². The highest BCUT2D eigenvalue weighted by molar-refractivity contribution is 6.28. The lowest BCUT2D eigenvalue weighted by Crippen LogP contribution is -2.30. The summed E-state index contributed by atoms with van der Waals surface area (Å²) in [7, 11) is 0. The van der Waals surface area contributed by atoms with Gasteiger partial charge in [-0.1, -0.05) is 0 Å². The number of nitrogens with two attached hydrogens (primary N) is 1. The smallest absolute Gasteiger partial charge is 0.283 e. The molecule has 0 atom stereocenters. The number of aryl methyl sites for hydroxylation is 1. The van der Waals surface area contributed by atoms with Crippen LogP contribution < -0.4 is 11.3 Å². The molecule has 64 valence electrons. The van der Waals surface area contributed by atoms with Gasteiger partial charge in [0.25, 0.3) is 5.91 Å². The first-order valence-corrected chi connectivity index (χ1v) is 3.53. The highest BCUT2D eigenvalue weighted by Gasteiger charge is 2.06. The molecule has 0 fully saturated rings. The number of rotatable bonds is 1. The molecule has 0 bridgehead atoms. The van der Waals surface area contributed by atoms with Gasteiger partial charge in [-0.15, -0.1) is 0 Å². The average Bonchev–Trinajstić information content (AvgIpc) is 2.01. The number of nitrogen functional groups attached to an aromatic ring is 1. The number of carbonyl (C=O) groups is 1. The molecule has 12 heavy (non-hydrogen) atoms. The van der Waals surface area contributed by atoms with Crippen molar-refractivity contribution in [3.63, 3.8) is 0 Å². The number of nitrogens with one attached hydrogen (secondary N) is 1. The lowest BCUT2D eigenvalue weighted by Gasteiger charge is -1.99. The van der Waals surface area contributed by atoms with Crippen LogP contribution in [0.4, 0.5) is 0 Å². The average molecular weight is 187 g/mol. The number of carbonyl (C=O) groups excluding carboxylic acids is 1. The van der Waals surface area contributed by atoms with Crippen LogP contribution in [0, 0.1) is 6.92 Å². The predicted molar refractivity (Wildman–Crippen MR) is 43.4 cm³/mol. The Balaban J connectivity index is 3.08. The lowest BCUT2D eigenvalue weighted by atomic mass is 10.3. The second-order valence-corrected chi connectivity index (χ2v) is 2.48. The standard InChI is InChI=1S/C6H7ClN4O/c1-3-2-4(5(12)11-8)10-6(7)9-3/h2H,8H2,1H3,(H,11,12). The molecule has 0 saturated carbocycles. The van der Waals surface area contributed by atoms with E-state index in [2.05, 4.69) is 9.97 Å². The van der Waals surface area contributed by atoms with Gasteiger partial charge in [0.15, 0.2) is 0 Å². The Kier molecular flexibility index (Phi) is 2.57. The van der Waals surface area contributed by atoms with Crippen molar-refractivity contribution in [3.05, 3.63) is 22.7 Å². The van der Waals surface area contributed by atoms with Crippen molar-refractivity contribution in [2.45, 2.75) is 6.92 Å². The van der Waals surface area contributed by atoms with Gasteiger partial charge in [-0.3, -0.25) is 10.2 Å². The quantitative estimate of drug-likeness (QED) is 0.281. The highest BCUT2D eigenvalue weighted by Crippen LogP contribution is 2.04. The van der Waals surface area contributed by atoms with Crippen LogP contribution in [0.15, 0.2) is 6.07 Å². The van der Waals surface area contributed by atoms with Crippen molar-refractivity contribution in [1.82, 2.24) is 15.4 Å². The second-order valence-electron chi connectivity index (χ2n) is 2.14. The molecular formula is C6H7ClN4O. The van der Waals surface area contributed by atoms with E-state index in [0.29, 0.717) is 5.69 Å². The zero-order chi connectivity index (χ0) is 9.14. The van der Waals surface area contributed by atoms with E-state index in [4.69, 9.17) is 17.4 Å². The largest absolute Gasteiger partial charge is 0.289 e. The van der Waals surface area contributed by atoms with E-state index in [1.807, 2.05) is 5.43 Å². The summed E-state index contributed by atoms with van der Waals surface area (Å²) in [6.45, 7) is 1.71. The summed E-state index contributed by atoms with van der Waals surface area (Å²) in [6, 6.07) is 1.49. The van der Waals surface area contributed by atoms with E-state index >= 15 is 0 Å². The molecule has 1 amide bonds. The Morgan fingerprint density at radius 3 is 2.83 bits per heavy atom. The first kappa shape index (κ1) is 8.89. The third kappa shape index (κ3) is 1.90. The predicted octanol–water partition coefficient (Wildman–Crippen LogP) is 0.0419. The highest BCUT2D eigenvalue weighted by atomic mass is 35.5. The van der Waals surface area contributed by atoms with E-state index in [9.17, 15) is 4.79 Å². The van der Waals surface area contributed by atoms with Crippen LogP contribution in [0.2, 0.25) is 5.28 Å². The maximum absolute atomic E-state index is 10.9. The monoisotopic (exact) mass is 186 g/mol. The molecule has 6 heteroatoms. The molecule has 5 nitrogen and oxygen atoms in total. The van der Waals surface area contributed by atoms with E-state index in [1.54, 1.807) is 6.92 Å². The van der Waals surface area contributed by atoms with Gasteiger partial charge in [0.1, 0.15) is 5.69 Å². The molecule has 0 aliphatic rings. The fourth-order valence-electron chi connectivity index (χ4n) is 0.723. The molecule has 3 N–H and O–H groups in total. The Morgan fingerprint density at radius 2 is 2.33 bits per heavy atom. The van der Waals surface area contributed by atoms with Gasteiger partial charge in [-0.2, -0.15) is 0 Å². The number of nitrogens with zero attached hydrogens (tertiary/aromatic N) is 2. The summed E-state index contributed by atoms with van der Waals surface area (Å²) in [5, 5.41) is 0.0357. The topological polar surface area (TPSA) is 80.9 Å². The van der Waals surface area contributed by atoms with Crippen molar-refractivity contribution in [3.8, 4) is 0 Å². The Hall–Kier alpha value is -1.20. The van der Waals surface area contributed by atoms with Crippen LogP contribution in [0.1, 0.15) is 16.2 Å². The third-order valence-corrected chi connectivity index (χ3v) is 1.36. The fourth-order valence-corrected chi connectivity index (χ4v) is 0.947. The first-order valence-electron chi connectivity index (χ1n) is 3.15. The number of hydrogen-bond acceptors (Lipinski definition) is 4. The van der Waals surface area contributed by atoms with Crippen LogP contribution in [0.5, 0.6) is 0 Å². The summed E-state index contributed by atoms with van der Waals surface area (Å²) >= 11 is 5.51. The van der Waals surface area contributed by atoms with Gasteiger partial charge < -0.3 is 0 Å². The molecule has 1 rings (SSSR count). The minimum absolute atomic E-state index is 0.0357. The molecule has 0 spiro atoms. The molecule has 0 saturated heterocycles.